The number of benzene rings is 1. The average Bonchev–Trinajstić information content (AvgIpc) is 2.75. The van der Waals surface area contributed by atoms with Crippen LogP contribution in [0.4, 0.5) is 11.4 Å². The Morgan fingerprint density at radius 3 is 2.89 bits per heavy atom. The van der Waals surface area contributed by atoms with E-state index < -0.39 is 5.97 Å². The first kappa shape index (κ1) is 12.9. The third-order valence-electron chi connectivity index (χ3n) is 2.74. The normalized spacial score (nSPS) is 10.4. The topological polar surface area (TPSA) is 93.2 Å². The molecular formula is C13H16N4O2. The van der Waals surface area contributed by atoms with Gasteiger partial charge in [0.15, 0.2) is 0 Å². The minimum absolute atomic E-state index is 0.218. The molecule has 2 aromatic rings. The Bertz CT molecular complexity index is 592. The fourth-order valence-corrected chi connectivity index (χ4v) is 1.82. The number of hydrogen-bond donors (Lipinski definition) is 3. The largest absolute Gasteiger partial charge is 0.478 e. The predicted octanol–water partition coefficient (Wildman–Crippen LogP) is 1.36. The number of hydrogen-bond acceptors (Lipinski definition) is 4. The summed E-state index contributed by atoms with van der Waals surface area (Å²) >= 11 is 0. The van der Waals surface area contributed by atoms with Crippen LogP contribution in [-0.4, -0.2) is 27.4 Å². The minimum atomic E-state index is -0.972. The highest BCUT2D eigenvalue weighted by Gasteiger charge is 2.09. The van der Waals surface area contributed by atoms with Crippen LogP contribution >= 0.6 is 0 Å². The maximum absolute atomic E-state index is 11.1. The summed E-state index contributed by atoms with van der Waals surface area (Å²) in [7, 11) is 1.86. The summed E-state index contributed by atoms with van der Waals surface area (Å²) in [6.07, 6.45) is 2.59. The quantitative estimate of drug-likeness (QED) is 0.706. The molecule has 6 heteroatoms. The van der Waals surface area contributed by atoms with Crippen LogP contribution < -0.4 is 11.1 Å². The van der Waals surface area contributed by atoms with Gasteiger partial charge in [-0.2, -0.15) is 5.10 Å². The SMILES string of the molecule is Cn1ccc(CCNc2cc(N)ccc2C(=O)O)n1. The molecule has 0 unspecified atom stereocenters. The fraction of sp³-hybridized carbons (Fsp3) is 0.231. The van der Waals surface area contributed by atoms with Crippen LogP contribution in [0.3, 0.4) is 0 Å². The third-order valence-corrected chi connectivity index (χ3v) is 2.74. The molecule has 0 aliphatic rings. The van der Waals surface area contributed by atoms with E-state index in [4.69, 9.17) is 10.8 Å². The lowest BCUT2D eigenvalue weighted by Crippen LogP contribution is -2.10. The molecule has 0 radical (unpaired) electrons. The van der Waals surface area contributed by atoms with Crippen molar-refractivity contribution in [1.82, 2.24) is 9.78 Å². The molecule has 2 rings (SSSR count). The number of aromatic nitrogens is 2. The Morgan fingerprint density at radius 2 is 2.26 bits per heavy atom. The molecule has 1 aromatic heterocycles. The van der Waals surface area contributed by atoms with Gasteiger partial charge in [-0.05, 0) is 24.3 Å². The number of nitrogens with two attached hydrogens (primary N) is 1. The zero-order chi connectivity index (χ0) is 13.8. The lowest BCUT2D eigenvalue weighted by atomic mass is 10.1. The van der Waals surface area contributed by atoms with Crippen LogP contribution in [0.2, 0.25) is 0 Å². The molecule has 6 nitrogen and oxygen atoms in total. The Hall–Kier alpha value is -2.50. The Labute approximate surface area is 110 Å². The van der Waals surface area contributed by atoms with E-state index in [1.807, 2.05) is 19.3 Å². The molecule has 0 bridgehead atoms. The van der Waals surface area contributed by atoms with E-state index in [0.717, 1.165) is 5.69 Å². The molecule has 0 saturated carbocycles. The van der Waals surface area contributed by atoms with E-state index in [-0.39, 0.29) is 5.56 Å². The molecule has 0 atom stereocenters. The van der Waals surface area contributed by atoms with E-state index in [1.54, 1.807) is 16.8 Å². The molecule has 0 spiro atoms. The summed E-state index contributed by atoms with van der Waals surface area (Å²) in [5, 5.41) is 16.4. The molecule has 0 aliphatic heterocycles. The molecule has 0 aliphatic carbocycles. The predicted molar refractivity (Wildman–Crippen MR) is 73.2 cm³/mol. The van der Waals surface area contributed by atoms with Crippen LogP contribution in [0.5, 0.6) is 0 Å². The maximum atomic E-state index is 11.1. The average molecular weight is 260 g/mol. The summed E-state index contributed by atoms with van der Waals surface area (Å²) in [5.74, 6) is -0.972. The second-order valence-electron chi connectivity index (χ2n) is 4.27. The number of rotatable bonds is 5. The lowest BCUT2D eigenvalue weighted by Gasteiger charge is -2.09. The molecule has 1 aromatic carbocycles. The van der Waals surface area contributed by atoms with Crippen LogP contribution in [0.15, 0.2) is 30.5 Å². The molecule has 4 N–H and O–H groups in total. The number of nitrogens with zero attached hydrogens (tertiary/aromatic N) is 2. The lowest BCUT2D eigenvalue weighted by molar-refractivity contribution is 0.0698. The summed E-state index contributed by atoms with van der Waals surface area (Å²) in [5.41, 5.74) is 7.90. The molecule has 0 fully saturated rings. The van der Waals surface area contributed by atoms with Gasteiger partial charge in [0.2, 0.25) is 0 Å². The van der Waals surface area contributed by atoms with Gasteiger partial charge in [-0.3, -0.25) is 4.68 Å². The fourth-order valence-electron chi connectivity index (χ4n) is 1.82. The van der Waals surface area contributed by atoms with Crippen molar-refractivity contribution < 1.29 is 9.90 Å². The van der Waals surface area contributed by atoms with E-state index in [0.29, 0.717) is 24.3 Å². The minimum Gasteiger partial charge on any atom is -0.478 e. The van der Waals surface area contributed by atoms with Crippen molar-refractivity contribution in [3.05, 3.63) is 41.7 Å². The number of aryl methyl sites for hydroxylation is 1. The van der Waals surface area contributed by atoms with E-state index in [1.165, 1.54) is 6.07 Å². The van der Waals surface area contributed by atoms with E-state index >= 15 is 0 Å². The number of carboxylic acid groups (broad SMARTS) is 1. The molecule has 19 heavy (non-hydrogen) atoms. The monoisotopic (exact) mass is 260 g/mol. The second-order valence-corrected chi connectivity index (χ2v) is 4.27. The zero-order valence-corrected chi connectivity index (χ0v) is 10.6. The molecular weight excluding hydrogens is 244 g/mol. The van der Waals surface area contributed by atoms with Crippen molar-refractivity contribution >= 4 is 17.3 Å². The summed E-state index contributed by atoms with van der Waals surface area (Å²) in [6.45, 7) is 0.598. The van der Waals surface area contributed by atoms with Crippen molar-refractivity contribution in [3.63, 3.8) is 0 Å². The first-order chi connectivity index (χ1) is 9.06. The molecule has 0 saturated heterocycles. The number of aromatic carboxylic acids is 1. The molecule has 0 amide bonds. The number of nitrogen functional groups attached to an aromatic ring is 1. The van der Waals surface area contributed by atoms with Crippen molar-refractivity contribution in [2.75, 3.05) is 17.6 Å². The number of nitrogens with one attached hydrogen (secondary N) is 1. The zero-order valence-electron chi connectivity index (χ0n) is 10.6. The van der Waals surface area contributed by atoms with Gasteiger partial charge in [0.05, 0.1) is 16.9 Å². The van der Waals surface area contributed by atoms with Gasteiger partial charge < -0.3 is 16.2 Å². The highest BCUT2D eigenvalue weighted by Crippen LogP contribution is 2.19. The van der Waals surface area contributed by atoms with Gasteiger partial charge in [0, 0.05) is 31.9 Å². The summed E-state index contributed by atoms with van der Waals surface area (Å²) in [6, 6.07) is 6.63. The maximum Gasteiger partial charge on any atom is 0.337 e. The Balaban J connectivity index is 2.02. The van der Waals surface area contributed by atoms with Gasteiger partial charge in [0.1, 0.15) is 0 Å². The summed E-state index contributed by atoms with van der Waals surface area (Å²) < 4.78 is 1.73. The number of carbonyl (C=O) groups is 1. The first-order valence-electron chi connectivity index (χ1n) is 5.91. The highest BCUT2D eigenvalue weighted by atomic mass is 16.4. The number of anilines is 2. The Morgan fingerprint density at radius 1 is 1.47 bits per heavy atom. The molecule has 1 heterocycles. The smallest absolute Gasteiger partial charge is 0.337 e. The van der Waals surface area contributed by atoms with Gasteiger partial charge in [0.25, 0.3) is 0 Å². The van der Waals surface area contributed by atoms with E-state index in [9.17, 15) is 4.79 Å². The molecule has 100 valence electrons. The Kier molecular flexibility index (Phi) is 3.70. The summed E-state index contributed by atoms with van der Waals surface area (Å²) in [4.78, 5) is 11.1. The first-order valence-corrected chi connectivity index (χ1v) is 5.91. The van der Waals surface area contributed by atoms with Gasteiger partial charge in [-0.1, -0.05) is 0 Å². The van der Waals surface area contributed by atoms with Crippen LogP contribution in [0.25, 0.3) is 0 Å². The van der Waals surface area contributed by atoms with Crippen LogP contribution in [0.1, 0.15) is 16.1 Å². The second kappa shape index (κ2) is 5.43. The number of carboxylic acids is 1. The van der Waals surface area contributed by atoms with Crippen LogP contribution in [-0.2, 0) is 13.5 Å². The van der Waals surface area contributed by atoms with E-state index in [2.05, 4.69) is 10.4 Å². The van der Waals surface area contributed by atoms with Gasteiger partial charge >= 0.3 is 5.97 Å². The van der Waals surface area contributed by atoms with Crippen molar-refractivity contribution in [2.45, 2.75) is 6.42 Å². The van der Waals surface area contributed by atoms with Crippen molar-refractivity contribution in [1.29, 1.82) is 0 Å². The van der Waals surface area contributed by atoms with Crippen LogP contribution in [0, 0.1) is 0 Å². The van der Waals surface area contributed by atoms with Crippen molar-refractivity contribution in [3.8, 4) is 0 Å². The highest BCUT2D eigenvalue weighted by molar-refractivity contribution is 5.95. The van der Waals surface area contributed by atoms with Crippen molar-refractivity contribution in [2.24, 2.45) is 7.05 Å². The standard InChI is InChI=1S/C13H16N4O2/c1-17-7-5-10(16-17)4-6-15-12-8-9(14)2-3-11(12)13(18)19/h2-3,5,7-8,15H,4,6,14H2,1H3,(H,18,19). The van der Waals surface area contributed by atoms with Gasteiger partial charge in [-0.25, -0.2) is 4.79 Å². The van der Waals surface area contributed by atoms with Gasteiger partial charge in [-0.15, -0.1) is 0 Å². The third kappa shape index (κ3) is 3.25.